The Morgan fingerprint density at radius 3 is 2.50 bits per heavy atom. The van der Waals surface area contributed by atoms with Crippen molar-refractivity contribution in [1.82, 2.24) is 20.1 Å². The van der Waals surface area contributed by atoms with Crippen LogP contribution in [0.4, 0.5) is 0 Å². The van der Waals surface area contributed by atoms with Crippen molar-refractivity contribution in [2.45, 2.75) is 39.5 Å². The zero-order valence-corrected chi connectivity index (χ0v) is 14.2. The number of amides is 1. The molecule has 128 valence electrons. The van der Waals surface area contributed by atoms with E-state index in [0.717, 1.165) is 36.6 Å². The summed E-state index contributed by atoms with van der Waals surface area (Å²) in [6.45, 7) is 4.57. The number of rotatable bonds is 6. The SMILES string of the molecule is Cc1nc(C)n(-c2ccc(C(=O)NCC3(CCO)CCC3)cc2)n1. The van der Waals surface area contributed by atoms with E-state index in [1.807, 2.05) is 26.0 Å². The average Bonchev–Trinajstić information content (AvgIpc) is 2.88. The molecule has 0 spiro atoms. The van der Waals surface area contributed by atoms with Crippen molar-refractivity contribution in [3.63, 3.8) is 0 Å². The minimum atomic E-state index is -0.0720. The maximum absolute atomic E-state index is 12.3. The second-order valence-electron chi connectivity index (χ2n) is 6.67. The number of aromatic nitrogens is 3. The van der Waals surface area contributed by atoms with Crippen LogP contribution in [0, 0.1) is 19.3 Å². The number of carbonyl (C=O) groups excluding carboxylic acids is 1. The summed E-state index contributed by atoms with van der Waals surface area (Å²) in [6.07, 6.45) is 4.10. The lowest BCUT2D eigenvalue weighted by molar-refractivity contribution is 0.0732. The summed E-state index contributed by atoms with van der Waals surface area (Å²) in [5.74, 6) is 1.47. The molecule has 1 aliphatic rings. The summed E-state index contributed by atoms with van der Waals surface area (Å²) >= 11 is 0. The minimum absolute atomic E-state index is 0.0720. The Balaban J connectivity index is 1.65. The van der Waals surface area contributed by atoms with E-state index >= 15 is 0 Å². The zero-order chi connectivity index (χ0) is 17.2. The Kier molecular flexibility index (Phi) is 4.66. The van der Waals surface area contributed by atoms with Crippen LogP contribution in [0.5, 0.6) is 0 Å². The molecule has 2 N–H and O–H groups in total. The van der Waals surface area contributed by atoms with Gasteiger partial charge in [-0.05, 0) is 62.8 Å². The highest BCUT2D eigenvalue weighted by molar-refractivity contribution is 5.94. The fourth-order valence-electron chi connectivity index (χ4n) is 3.32. The first-order chi connectivity index (χ1) is 11.5. The van der Waals surface area contributed by atoms with E-state index in [2.05, 4.69) is 15.4 Å². The number of benzene rings is 1. The largest absolute Gasteiger partial charge is 0.396 e. The van der Waals surface area contributed by atoms with E-state index in [9.17, 15) is 9.90 Å². The molecule has 1 fully saturated rings. The highest BCUT2D eigenvalue weighted by Crippen LogP contribution is 2.43. The third kappa shape index (κ3) is 3.33. The van der Waals surface area contributed by atoms with Gasteiger partial charge in [0.05, 0.1) is 5.69 Å². The highest BCUT2D eigenvalue weighted by Gasteiger charge is 2.36. The molecule has 1 aromatic heterocycles. The first-order valence-electron chi connectivity index (χ1n) is 8.43. The van der Waals surface area contributed by atoms with Crippen LogP contribution in [0.1, 0.15) is 47.7 Å². The van der Waals surface area contributed by atoms with Gasteiger partial charge in [-0.2, -0.15) is 5.10 Å². The summed E-state index contributed by atoms with van der Waals surface area (Å²) in [6, 6.07) is 7.37. The maximum atomic E-state index is 12.3. The molecule has 0 aliphatic heterocycles. The molecule has 1 aliphatic carbocycles. The predicted molar refractivity (Wildman–Crippen MR) is 91.2 cm³/mol. The van der Waals surface area contributed by atoms with Gasteiger partial charge in [0.25, 0.3) is 5.91 Å². The molecule has 2 aromatic rings. The monoisotopic (exact) mass is 328 g/mol. The molecule has 1 aromatic carbocycles. The van der Waals surface area contributed by atoms with Crippen molar-refractivity contribution in [2.24, 2.45) is 5.41 Å². The van der Waals surface area contributed by atoms with Crippen LogP contribution >= 0.6 is 0 Å². The summed E-state index contributed by atoms with van der Waals surface area (Å²) in [7, 11) is 0. The van der Waals surface area contributed by atoms with Crippen LogP contribution in [-0.4, -0.2) is 38.9 Å². The molecule has 6 nitrogen and oxygen atoms in total. The van der Waals surface area contributed by atoms with E-state index in [4.69, 9.17) is 0 Å². The minimum Gasteiger partial charge on any atom is -0.396 e. The summed E-state index contributed by atoms with van der Waals surface area (Å²) < 4.78 is 1.77. The smallest absolute Gasteiger partial charge is 0.251 e. The lowest BCUT2D eigenvalue weighted by Crippen LogP contribution is -2.42. The molecule has 0 radical (unpaired) electrons. The van der Waals surface area contributed by atoms with Crippen molar-refractivity contribution in [2.75, 3.05) is 13.2 Å². The first kappa shape index (κ1) is 16.6. The fourth-order valence-corrected chi connectivity index (χ4v) is 3.32. The topological polar surface area (TPSA) is 80.0 Å². The lowest BCUT2D eigenvalue weighted by Gasteiger charge is -2.41. The third-order valence-electron chi connectivity index (χ3n) is 4.93. The van der Waals surface area contributed by atoms with Gasteiger partial charge in [-0.1, -0.05) is 6.42 Å². The molecular weight excluding hydrogens is 304 g/mol. The number of hydrogen-bond donors (Lipinski definition) is 2. The summed E-state index contributed by atoms with van der Waals surface area (Å²) in [4.78, 5) is 16.6. The number of hydrogen-bond acceptors (Lipinski definition) is 4. The van der Waals surface area contributed by atoms with Gasteiger partial charge in [0.15, 0.2) is 0 Å². The summed E-state index contributed by atoms with van der Waals surface area (Å²) in [5, 5.41) is 16.5. The van der Waals surface area contributed by atoms with Crippen LogP contribution < -0.4 is 5.32 Å². The van der Waals surface area contributed by atoms with Gasteiger partial charge >= 0.3 is 0 Å². The average molecular weight is 328 g/mol. The van der Waals surface area contributed by atoms with Crippen molar-refractivity contribution < 1.29 is 9.90 Å². The molecule has 6 heteroatoms. The molecule has 3 rings (SSSR count). The summed E-state index contributed by atoms with van der Waals surface area (Å²) in [5.41, 5.74) is 1.62. The zero-order valence-electron chi connectivity index (χ0n) is 14.2. The van der Waals surface area contributed by atoms with Crippen molar-refractivity contribution in [3.05, 3.63) is 41.5 Å². The maximum Gasteiger partial charge on any atom is 0.251 e. The van der Waals surface area contributed by atoms with Gasteiger partial charge in [0.1, 0.15) is 11.6 Å². The van der Waals surface area contributed by atoms with Crippen LogP contribution in [0.3, 0.4) is 0 Å². The number of aryl methyl sites for hydroxylation is 2. The van der Waals surface area contributed by atoms with E-state index < -0.39 is 0 Å². The standard InChI is InChI=1S/C18H24N4O2/c1-13-20-14(2)22(21-13)16-6-4-15(5-7-16)17(24)19-12-18(10-11-23)8-3-9-18/h4-7,23H,3,8-12H2,1-2H3,(H,19,24). The van der Waals surface area contributed by atoms with Gasteiger partial charge in [0.2, 0.25) is 0 Å². The quantitative estimate of drug-likeness (QED) is 0.851. The van der Waals surface area contributed by atoms with Crippen LogP contribution in [0.25, 0.3) is 5.69 Å². The number of aliphatic hydroxyl groups excluding tert-OH is 1. The Labute approximate surface area is 141 Å². The Hall–Kier alpha value is -2.21. The van der Waals surface area contributed by atoms with Crippen LogP contribution in [0.2, 0.25) is 0 Å². The van der Waals surface area contributed by atoms with Crippen LogP contribution in [-0.2, 0) is 0 Å². The van der Waals surface area contributed by atoms with Crippen molar-refractivity contribution in [1.29, 1.82) is 0 Å². The number of nitrogens with one attached hydrogen (secondary N) is 1. The van der Waals surface area contributed by atoms with Gasteiger partial charge in [-0.25, -0.2) is 9.67 Å². The lowest BCUT2D eigenvalue weighted by atomic mass is 9.67. The number of aliphatic hydroxyl groups is 1. The van der Waals surface area contributed by atoms with E-state index in [1.54, 1.807) is 16.8 Å². The Morgan fingerprint density at radius 2 is 2.00 bits per heavy atom. The molecule has 0 unspecified atom stereocenters. The third-order valence-corrected chi connectivity index (χ3v) is 4.93. The second kappa shape index (κ2) is 6.73. The van der Waals surface area contributed by atoms with Gasteiger partial charge < -0.3 is 10.4 Å². The number of nitrogens with zero attached hydrogens (tertiary/aromatic N) is 3. The Bertz CT molecular complexity index is 717. The molecule has 0 bridgehead atoms. The predicted octanol–water partition coefficient (Wildman–Crippen LogP) is 2.17. The Morgan fingerprint density at radius 1 is 1.29 bits per heavy atom. The second-order valence-corrected chi connectivity index (χ2v) is 6.67. The van der Waals surface area contributed by atoms with Gasteiger partial charge in [0, 0.05) is 18.7 Å². The molecule has 1 amide bonds. The van der Waals surface area contributed by atoms with E-state index in [-0.39, 0.29) is 17.9 Å². The van der Waals surface area contributed by atoms with E-state index in [0.29, 0.717) is 12.1 Å². The molecule has 0 saturated heterocycles. The van der Waals surface area contributed by atoms with E-state index in [1.165, 1.54) is 6.42 Å². The molecule has 0 atom stereocenters. The van der Waals surface area contributed by atoms with Crippen molar-refractivity contribution >= 4 is 5.91 Å². The molecule has 1 heterocycles. The fraction of sp³-hybridized carbons (Fsp3) is 0.500. The molecule has 24 heavy (non-hydrogen) atoms. The number of carbonyl (C=O) groups is 1. The first-order valence-corrected chi connectivity index (χ1v) is 8.43. The molecule has 1 saturated carbocycles. The molecular formula is C18H24N4O2. The van der Waals surface area contributed by atoms with Gasteiger partial charge in [-0.3, -0.25) is 4.79 Å². The normalized spacial score (nSPS) is 15.8. The van der Waals surface area contributed by atoms with Gasteiger partial charge in [-0.15, -0.1) is 0 Å². The van der Waals surface area contributed by atoms with Crippen molar-refractivity contribution in [3.8, 4) is 5.69 Å². The highest BCUT2D eigenvalue weighted by atomic mass is 16.3. The van der Waals surface area contributed by atoms with Crippen LogP contribution in [0.15, 0.2) is 24.3 Å².